The van der Waals surface area contributed by atoms with E-state index in [-0.39, 0.29) is 0 Å². The Kier molecular flexibility index (Phi) is 5.52. The van der Waals surface area contributed by atoms with Crippen LogP contribution >= 0.6 is 0 Å². The summed E-state index contributed by atoms with van der Waals surface area (Å²) in [7, 11) is 0. The van der Waals surface area contributed by atoms with Gasteiger partial charge in [-0.3, -0.25) is 0 Å². The van der Waals surface area contributed by atoms with Gasteiger partial charge < -0.3 is 0 Å². The zero-order valence-electron chi connectivity index (χ0n) is 10.5. The van der Waals surface area contributed by atoms with Crippen LogP contribution in [0.5, 0.6) is 0 Å². The molecule has 0 heterocycles. The first-order valence-corrected chi connectivity index (χ1v) is 5.54. The van der Waals surface area contributed by atoms with Crippen LogP contribution in [-0.4, -0.2) is 0 Å². The summed E-state index contributed by atoms with van der Waals surface area (Å²) in [6, 6.07) is 0. The highest BCUT2D eigenvalue weighted by Gasteiger charge is 2.15. The van der Waals surface area contributed by atoms with E-state index in [4.69, 9.17) is 0 Å². The van der Waals surface area contributed by atoms with Crippen LogP contribution in [0, 0.1) is 5.41 Å². The number of hydrogen-bond donors (Lipinski definition) is 0. The van der Waals surface area contributed by atoms with E-state index in [2.05, 4.69) is 52.0 Å². The summed E-state index contributed by atoms with van der Waals surface area (Å²) in [5.74, 6) is 0. The van der Waals surface area contributed by atoms with Crippen molar-refractivity contribution < 1.29 is 0 Å². The van der Waals surface area contributed by atoms with E-state index in [9.17, 15) is 0 Å². The third-order valence-corrected chi connectivity index (χ3v) is 2.20. The second kappa shape index (κ2) is 5.85. The van der Waals surface area contributed by atoms with Gasteiger partial charge in [0.05, 0.1) is 0 Å². The summed E-state index contributed by atoms with van der Waals surface area (Å²) >= 11 is 0. The minimum atomic E-state index is 0.309. The van der Waals surface area contributed by atoms with Gasteiger partial charge in [0, 0.05) is 0 Å². The number of hydrogen-bond acceptors (Lipinski definition) is 0. The largest absolute Gasteiger partial charge is 0.0804 e. The maximum atomic E-state index is 2.31. The fraction of sp³-hybridized carbons (Fsp3) is 0.571. The number of rotatable bonds is 0. The Morgan fingerprint density at radius 2 is 1.71 bits per heavy atom. The summed E-state index contributed by atoms with van der Waals surface area (Å²) < 4.78 is 0. The van der Waals surface area contributed by atoms with Crippen LogP contribution in [0.4, 0.5) is 0 Å². The van der Waals surface area contributed by atoms with Crippen molar-refractivity contribution in [2.75, 3.05) is 0 Å². The van der Waals surface area contributed by atoms with Crippen molar-refractivity contribution in [3.63, 3.8) is 0 Å². The summed E-state index contributed by atoms with van der Waals surface area (Å²) in [4.78, 5) is 0. The fourth-order valence-electron chi connectivity index (χ4n) is 1.32. The molecular formula is C14H24. The molecular weight excluding hydrogens is 168 g/mol. The van der Waals surface area contributed by atoms with Crippen molar-refractivity contribution in [1.82, 2.24) is 0 Å². The van der Waals surface area contributed by atoms with Gasteiger partial charge in [-0.1, -0.05) is 70.1 Å². The first-order valence-electron chi connectivity index (χ1n) is 5.54. The first-order chi connectivity index (χ1) is 6.50. The lowest BCUT2D eigenvalue weighted by Crippen LogP contribution is -2.08. The van der Waals surface area contributed by atoms with Gasteiger partial charge in [0.1, 0.15) is 0 Å². The number of allylic oxidation sites excluding steroid dienone is 6. The highest BCUT2D eigenvalue weighted by atomic mass is 14.2. The fourth-order valence-corrected chi connectivity index (χ4v) is 1.32. The molecule has 0 amide bonds. The molecule has 1 rings (SSSR count). The van der Waals surface area contributed by atoms with E-state index in [0.717, 1.165) is 6.42 Å². The Bertz CT molecular complexity index is 244. The van der Waals surface area contributed by atoms with Crippen molar-refractivity contribution in [2.45, 2.75) is 48.0 Å². The molecule has 14 heavy (non-hydrogen) atoms. The first kappa shape index (κ1) is 13.2. The van der Waals surface area contributed by atoms with Crippen LogP contribution < -0.4 is 0 Å². The predicted octanol–water partition coefficient (Wildman–Crippen LogP) is 4.89. The van der Waals surface area contributed by atoms with Gasteiger partial charge in [-0.05, 0) is 18.8 Å². The molecule has 0 saturated carbocycles. The third-order valence-electron chi connectivity index (χ3n) is 2.20. The second-order valence-corrected chi connectivity index (χ2v) is 4.46. The lowest BCUT2D eigenvalue weighted by Gasteiger charge is -2.21. The van der Waals surface area contributed by atoms with E-state index in [1.165, 1.54) is 11.1 Å². The highest BCUT2D eigenvalue weighted by molar-refractivity contribution is 5.32. The second-order valence-electron chi connectivity index (χ2n) is 4.46. The average molecular weight is 192 g/mol. The van der Waals surface area contributed by atoms with Gasteiger partial charge in [0.15, 0.2) is 0 Å². The quantitative estimate of drug-likeness (QED) is 0.512. The van der Waals surface area contributed by atoms with Crippen molar-refractivity contribution in [3.05, 3.63) is 35.5 Å². The zero-order valence-corrected chi connectivity index (χ0v) is 10.5. The Hall–Kier alpha value is -0.780. The Morgan fingerprint density at radius 1 is 1.14 bits per heavy atom. The lowest BCUT2D eigenvalue weighted by molar-refractivity contribution is 0.493. The van der Waals surface area contributed by atoms with Gasteiger partial charge in [-0.2, -0.15) is 0 Å². The van der Waals surface area contributed by atoms with Crippen molar-refractivity contribution in [3.8, 4) is 0 Å². The SMILES string of the molecule is CC.CC1=CC=CCC(C(C)(C)C)=C1. The lowest BCUT2D eigenvalue weighted by atomic mass is 9.84. The molecule has 0 radical (unpaired) electrons. The summed E-state index contributed by atoms with van der Waals surface area (Å²) in [5.41, 5.74) is 3.18. The van der Waals surface area contributed by atoms with E-state index in [0.29, 0.717) is 5.41 Å². The smallest absolute Gasteiger partial charge is 0.0127 e. The minimum Gasteiger partial charge on any atom is -0.0804 e. The molecule has 0 nitrogen and oxygen atoms in total. The molecule has 1 aliphatic rings. The van der Waals surface area contributed by atoms with Gasteiger partial charge in [0.25, 0.3) is 0 Å². The topological polar surface area (TPSA) is 0 Å². The van der Waals surface area contributed by atoms with E-state index >= 15 is 0 Å². The average Bonchev–Trinajstić information content (AvgIpc) is 2.32. The van der Waals surface area contributed by atoms with Crippen molar-refractivity contribution in [1.29, 1.82) is 0 Å². The molecule has 0 saturated heterocycles. The molecule has 0 atom stereocenters. The molecule has 0 bridgehead atoms. The molecule has 0 N–H and O–H groups in total. The Labute approximate surface area is 89.4 Å². The third kappa shape index (κ3) is 4.45. The van der Waals surface area contributed by atoms with E-state index in [1.54, 1.807) is 0 Å². The molecule has 0 aromatic heterocycles. The van der Waals surface area contributed by atoms with Crippen LogP contribution in [0.1, 0.15) is 48.0 Å². The predicted molar refractivity (Wildman–Crippen MR) is 66.4 cm³/mol. The molecule has 0 fully saturated rings. The minimum absolute atomic E-state index is 0.309. The monoisotopic (exact) mass is 192 g/mol. The Morgan fingerprint density at radius 3 is 2.21 bits per heavy atom. The molecule has 0 unspecified atom stereocenters. The molecule has 0 spiro atoms. The highest BCUT2D eigenvalue weighted by Crippen LogP contribution is 2.30. The van der Waals surface area contributed by atoms with Gasteiger partial charge >= 0.3 is 0 Å². The Balaban J connectivity index is 0.000000791. The molecule has 0 aromatic carbocycles. The van der Waals surface area contributed by atoms with Gasteiger partial charge in [-0.25, -0.2) is 0 Å². The summed E-state index contributed by atoms with van der Waals surface area (Å²) in [6.07, 6.45) is 9.94. The summed E-state index contributed by atoms with van der Waals surface area (Å²) in [6.45, 7) is 13.0. The van der Waals surface area contributed by atoms with Crippen molar-refractivity contribution >= 4 is 0 Å². The van der Waals surface area contributed by atoms with Crippen LogP contribution in [0.15, 0.2) is 35.5 Å². The van der Waals surface area contributed by atoms with Crippen LogP contribution in [-0.2, 0) is 0 Å². The van der Waals surface area contributed by atoms with Gasteiger partial charge in [0.2, 0.25) is 0 Å². The maximum Gasteiger partial charge on any atom is -0.0127 e. The molecule has 0 heteroatoms. The zero-order chi connectivity index (χ0) is 11.2. The summed E-state index contributed by atoms with van der Waals surface area (Å²) in [5, 5.41) is 0. The van der Waals surface area contributed by atoms with E-state index in [1.807, 2.05) is 13.8 Å². The van der Waals surface area contributed by atoms with Crippen molar-refractivity contribution in [2.24, 2.45) is 5.41 Å². The standard InChI is InChI=1S/C12H18.C2H6/c1-10-7-5-6-8-11(9-10)12(2,3)4;1-2/h5-7,9H,8H2,1-4H3;1-2H3. The van der Waals surface area contributed by atoms with Crippen LogP contribution in [0.25, 0.3) is 0 Å². The maximum absolute atomic E-state index is 2.31. The van der Waals surface area contributed by atoms with Crippen LogP contribution in [0.2, 0.25) is 0 Å². The molecule has 1 aliphatic carbocycles. The van der Waals surface area contributed by atoms with Crippen LogP contribution in [0.3, 0.4) is 0 Å². The van der Waals surface area contributed by atoms with Gasteiger partial charge in [-0.15, -0.1) is 0 Å². The molecule has 80 valence electrons. The van der Waals surface area contributed by atoms with E-state index < -0.39 is 0 Å². The molecule has 0 aliphatic heterocycles. The normalized spacial score (nSPS) is 16.1. The molecule has 0 aromatic rings.